The fraction of sp³-hybridized carbons (Fsp3) is 0.765. The van der Waals surface area contributed by atoms with Crippen molar-refractivity contribution < 1.29 is 19.2 Å². The van der Waals surface area contributed by atoms with E-state index in [1.807, 2.05) is 13.8 Å². The third-order valence-corrected chi connectivity index (χ3v) is 4.89. The quantitative estimate of drug-likeness (QED) is 0.792. The van der Waals surface area contributed by atoms with E-state index in [1.165, 1.54) is 0 Å². The number of aryl methyl sites for hydroxylation is 1. The van der Waals surface area contributed by atoms with Crippen LogP contribution in [0.1, 0.15) is 76.9 Å². The lowest BCUT2D eigenvalue weighted by atomic mass is 9.75. The minimum atomic E-state index is -1.12. The van der Waals surface area contributed by atoms with Gasteiger partial charge in [-0.3, -0.25) is 4.79 Å². The van der Waals surface area contributed by atoms with E-state index in [1.54, 1.807) is 0 Å². The van der Waals surface area contributed by atoms with Crippen LogP contribution in [0, 0.1) is 5.92 Å². The number of hydrogen-bond acceptors (Lipinski definition) is 5. The topological polar surface area (TPSA) is 105 Å². The molecule has 2 rings (SSSR count). The first kappa shape index (κ1) is 18.4. The molecule has 7 heteroatoms. The molecule has 7 nitrogen and oxygen atoms in total. The predicted octanol–water partition coefficient (Wildman–Crippen LogP) is 2.67. The van der Waals surface area contributed by atoms with Gasteiger partial charge in [-0.15, -0.1) is 0 Å². The van der Waals surface area contributed by atoms with Crippen molar-refractivity contribution in [2.45, 2.75) is 77.2 Å². The van der Waals surface area contributed by atoms with Gasteiger partial charge in [0.1, 0.15) is 5.54 Å². The van der Waals surface area contributed by atoms with Crippen molar-refractivity contribution in [1.29, 1.82) is 0 Å². The van der Waals surface area contributed by atoms with E-state index in [2.05, 4.69) is 22.4 Å². The van der Waals surface area contributed by atoms with Crippen LogP contribution >= 0.6 is 0 Å². The van der Waals surface area contributed by atoms with E-state index in [4.69, 9.17) is 4.52 Å². The highest BCUT2D eigenvalue weighted by atomic mass is 16.5. The smallest absolute Gasteiger partial charge is 0.329 e. The monoisotopic (exact) mass is 337 g/mol. The number of carboxylic acid groups (broad SMARTS) is 1. The number of aromatic nitrogens is 2. The van der Waals surface area contributed by atoms with Gasteiger partial charge in [-0.25, -0.2) is 4.79 Å². The standard InChI is InChI=1S/C17H27N3O4/c1-4-12-7-9-17(10-8-12,16(22)23)19-13(21)5-6-14-18-15(11(2)3)20-24-14/h11-12H,4-10H2,1-3H3,(H,19,21)(H,22,23). The van der Waals surface area contributed by atoms with E-state index in [-0.39, 0.29) is 18.2 Å². The molecule has 1 aliphatic rings. The number of carbonyl (C=O) groups is 2. The Balaban J connectivity index is 1.90. The molecule has 0 atom stereocenters. The Kier molecular flexibility index (Phi) is 5.96. The average molecular weight is 337 g/mol. The van der Waals surface area contributed by atoms with Gasteiger partial charge >= 0.3 is 5.97 Å². The van der Waals surface area contributed by atoms with Gasteiger partial charge < -0.3 is 14.9 Å². The molecule has 1 aromatic rings. The molecule has 24 heavy (non-hydrogen) atoms. The highest BCUT2D eigenvalue weighted by Gasteiger charge is 2.42. The van der Waals surface area contributed by atoms with Gasteiger partial charge in [-0.2, -0.15) is 4.98 Å². The number of nitrogens with zero attached hydrogens (tertiary/aromatic N) is 2. The van der Waals surface area contributed by atoms with Gasteiger partial charge in [-0.05, 0) is 31.6 Å². The number of aliphatic carboxylic acids is 1. The number of carboxylic acids is 1. The first-order chi connectivity index (χ1) is 11.4. The second-order valence-corrected chi connectivity index (χ2v) is 6.99. The van der Waals surface area contributed by atoms with Crippen LogP contribution in [0.25, 0.3) is 0 Å². The molecule has 0 spiro atoms. The number of hydrogen-bond donors (Lipinski definition) is 2. The van der Waals surface area contributed by atoms with Crippen molar-refractivity contribution in [3.05, 3.63) is 11.7 Å². The SMILES string of the molecule is CCC1CCC(NC(=O)CCc2nc(C(C)C)no2)(C(=O)O)CC1. The van der Waals surface area contributed by atoms with Gasteiger partial charge in [0.15, 0.2) is 5.82 Å². The zero-order valence-electron chi connectivity index (χ0n) is 14.7. The van der Waals surface area contributed by atoms with Crippen LogP contribution in [0.3, 0.4) is 0 Å². The molecule has 1 saturated carbocycles. The zero-order valence-corrected chi connectivity index (χ0v) is 14.7. The molecule has 2 N–H and O–H groups in total. The second-order valence-electron chi connectivity index (χ2n) is 6.99. The summed E-state index contributed by atoms with van der Waals surface area (Å²) in [6.45, 7) is 6.04. The van der Waals surface area contributed by atoms with Crippen LogP contribution in [0.5, 0.6) is 0 Å². The summed E-state index contributed by atoms with van der Waals surface area (Å²) in [5.41, 5.74) is -1.12. The predicted molar refractivity (Wildman–Crippen MR) is 87.5 cm³/mol. The number of rotatable bonds is 7. The van der Waals surface area contributed by atoms with Crippen molar-refractivity contribution in [3.8, 4) is 0 Å². The van der Waals surface area contributed by atoms with Crippen molar-refractivity contribution in [2.75, 3.05) is 0 Å². The molecule has 0 aromatic carbocycles. The normalized spacial score (nSPS) is 24.1. The molecule has 1 heterocycles. The van der Waals surface area contributed by atoms with E-state index >= 15 is 0 Å². The fourth-order valence-electron chi connectivity index (χ4n) is 3.12. The molecule has 1 fully saturated rings. The minimum Gasteiger partial charge on any atom is -0.480 e. The minimum absolute atomic E-state index is 0.145. The van der Waals surface area contributed by atoms with Crippen molar-refractivity contribution in [2.24, 2.45) is 5.92 Å². The summed E-state index contributed by atoms with van der Waals surface area (Å²) in [5, 5.41) is 16.2. The first-order valence-electron chi connectivity index (χ1n) is 8.73. The van der Waals surface area contributed by atoms with Crippen LogP contribution in [0.2, 0.25) is 0 Å². The molecule has 0 bridgehead atoms. The Hall–Kier alpha value is -1.92. The van der Waals surface area contributed by atoms with E-state index in [0.29, 0.717) is 36.9 Å². The molecule has 0 radical (unpaired) electrons. The van der Waals surface area contributed by atoms with E-state index in [0.717, 1.165) is 19.3 Å². The van der Waals surface area contributed by atoms with Crippen LogP contribution < -0.4 is 5.32 Å². The molecular weight excluding hydrogens is 310 g/mol. The summed E-state index contributed by atoms with van der Waals surface area (Å²) in [6.07, 6.45) is 4.17. The summed E-state index contributed by atoms with van der Waals surface area (Å²) in [7, 11) is 0. The number of carbonyl (C=O) groups excluding carboxylic acids is 1. The summed E-state index contributed by atoms with van der Waals surface area (Å²) in [6, 6.07) is 0. The van der Waals surface area contributed by atoms with Gasteiger partial charge in [0, 0.05) is 18.8 Å². The van der Waals surface area contributed by atoms with Crippen LogP contribution in [0.15, 0.2) is 4.52 Å². The third kappa shape index (κ3) is 4.33. The Morgan fingerprint density at radius 3 is 2.54 bits per heavy atom. The summed E-state index contributed by atoms with van der Waals surface area (Å²) in [5.74, 6) is 0.530. The van der Waals surface area contributed by atoms with Gasteiger partial charge in [0.2, 0.25) is 11.8 Å². The lowest BCUT2D eigenvalue weighted by molar-refractivity contribution is -0.149. The molecule has 0 unspecified atom stereocenters. The number of amides is 1. The van der Waals surface area contributed by atoms with Crippen molar-refractivity contribution in [3.63, 3.8) is 0 Å². The van der Waals surface area contributed by atoms with Gasteiger partial charge in [-0.1, -0.05) is 32.3 Å². The van der Waals surface area contributed by atoms with Crippen LogP contribution in [0.4, 0.5) is 0 Å². The van der Waals surface area contributed by atoms with E-state index < -0.39 is 11.5 Å². The summed E-state index contributed by atoms with van der Waals surface area (Å²) in [4.78, 5) is 28.2. The first-order valence-corrected chi connectivity index (χ1v) is 8.73. The lowest BCUT2D eigenvalue weighted by Crippen LogP contribution is -2.56. The van der Waals surface area contributed by atoms with Crippen molar-refractivity contribution in [1.82, 2.24) is 15.5 Å². The molecule has 134 valence electrons. The molecular formula is C17H27N3O4. The number of nitrogens with one attached hydrogen (secondary N) is 1. The van der Waals surface area contributed by atoms with E-state index in [9.17, 15) is 14.7 Å². The Bertz CT molecular complexity index is 574. The molecule has 0 aliphatic heterocycles. The lowest BCUT2D eigenvalue weighted by Gasteiger charge is -2.37. The van der Waals surface area contributed by atoms with Gasteiger partial charge in [0.05, 0.1) is 0 Å². The summed E-state index contributed by atoms with van der Waals surface area (Å²) < 4.78 is 5.11. The molecule has 0 saturated heterocycles. The molecule has 1 amide bonds. The average Bonchev–Trinajstić information content (AvgIpc) is 3.03. The Morgan fingerprint density at radius 2 is 2.04 bits per heavy atom. The van der Waals surface area contributed by atoms with Crippen LogP contribution in [-0.4, -0.2) is 32.7 Å². The summed E-state index contributed by atoms with van der Waals surface area (Å²) >= 11 is 0. The molecule has 1 aliphatic carbocycles. The van der Waals surface area contributed by atoms with Crippen molar-refractivity contribution >= 4 is 11.9 Å². The van der Waals surface area contributed by atoms with Crippen LogP contribution in [-0.2, 0) is 16.0 Å². The Labute approximate surface area is 142 Å². The maximum Gasteiger partial charge on any atom is 0.329 e. The maximum atomic E-state index is 12.2. The largest absolute Gasteiger partial charge is 0.480 e. The van der Waals surface area contributed by atoms with Gasteiger partial charge in [0.25, 0.3) is 0 Å². The maximum absolute atomic E-state index is 12.2. The fourth-order valence-corrected chi connectivity index (χ4v) is 3.12. The second kappa shape index (κ2) is 7.77. The third-order valence-electron chi connectivity index (χ3n) is 4.89. The highest BCUT2D eigenvalue weighted by Crippen LogP contribution is 2.34. The molecule has 1 aromatic heterocycles. The zero-order chi connectivity index (χ0) is 17.7. The Morgan fingerprint density at radius 1 is 1.38 bits per heavy atom. The highest BCUT2D eigenvalue weighted by molar-refractivity contribution is 5.87.